The van der Waals surface area contributed by atoms with Gasteiger partial charge in [0.2, 0.25) is 0 Å². The zero-order chi connectivity index (χ0) is 15.0. The molecule has 0 spiro atoms. The zero-order valence-corrected chi connectivity index (χ0v) is 11.8. The van der Waals surface area contributed by atoms with Crippen LogP contribution in [0.25, 0.3) is 0 Å². The van der Waals surface area contributed by atoms with E-state index in [0.29, 0.717) is 29.4 Å². The van der Waals surface area contributed by atoms with Gasteiger partial charge < -0.3 is 9.64 Å². The van der Waals surface area contributed by atoms with Crippen molar-refractivity contribution in [1.29, 1.82) is 5.26 Å². The molecular formula is C15H15ClN2O2. The summed E-state index contributed by atoms with van der Waals surface area (Å²) < 4.78 is 5.37. The highest BCUT2D eigenvalue weighted by Gasteiger charge is 2.12. The third-order valence-corrected chi connectivity index (χ3v) is 2.76. The molecule has 0 unspecified atom stereocenters. The Bertz CT molecular complexity index is 539. The molecule has 0 radical (unpaired) electrons. The Morgan fingerprint density at radius 1 is 1.40 bits per heavy atom. The molecule has 0 bridgehead atoms. The first kappa shape index (κ1) is 15.8. The fourth-order valence-electron chi connectivity index (χ4n) is 1.51. The van der Waals surface area contributed by atoms with Crippen molar-refractivity contribution in [1.82, 2.24) is 4.90 Å². The van der Waals surface area contributed by atoms with E-state index >= 15 is 0 Å². The Balaban J connectivity index is 2.66. The monoisotopic (exact) mass is 290 g/mol. The molecule has 0 saturated carbocycles. The molecular weight excluding hydrogens is 276 g/mol. The van der Waals surface area contributed by atoms with E-state index in [-0.39, 0.29) is 12.5 Å². The molecule has 104 valence electrons. The molecule has 0 fully saturated rings. The highest BCUT2D eigenvalue weighted by molar-refractivity contribution is 6.32. The Morgan fingerprint density at radius 2 is 2.05 bits per heavy atom. The molecule has 4 nitrogen and oxygen atoms in total. The maximum absolute atomic E-state index is 11.9. The van der Waals surface area contributed by atoms with Crippen molar-refractivity contribution in [2.75, 3.05) is 19.7 Å². The fraction of sp³-hybridized carbons (Fsp3) is 0.200. The maximum Gasteiger partial charge on any atom is 0.261 e. The number of ether oxygens (including phenoxy) is 1. The number of amides is 1. The SMILES string of the molecule is C=CCN(CC=C)C(=O)COc1ccc(C#N)cc1Cl. The molecule has 0 N–H and O–H groups in total. The number of hydrogen-bond acceptors (Lipinski definition) is 3. The van der Waals surface area contributed by atoms with Crippen LogP contribution in [0.4, 0.5) is 0 Å². The van der Waals surface area contributed by atoms with Crippen LogP contribution < -0.4 is 4.74 Å². The fourth-order valence-corrected chi connectivity index (χ4v) is 1.74. The van der Waals surface area contributed by atoms with Crippen molar-refractivity contribution in [3.63, 3.8) is 0 Å². The van der Waals surface area contributed by atoms with Gasteiger partial charge >= 0.3 is 0 Å². The summed E-state index contributed by atoms with van der Waals surface area (Å²) >= 11 is 5.96. The maximum atomic E-state index is 11.9. The molecule has 5 heteroatoms. The number of benzene rings is 1. The number of halogens is 1. The second kappa shape index (κ2) is 8.03. The third-order valence-electron chi connectivity index (χ3n) is 2.46. The van der Waals surface area contributed by atoms with Gasteiger partial charge in [0, 0.05) is 13.1 Å². The topological polar surface area (TPSA) is 53.3 Å². The van der Waals surface area contributed by atoms with Gasteiger partial charge in [-0.1, -0.05) is 23.8 Å². The van der Waals surface area contributed by atoms with Crippen molar-refractivity contribution < 1.29 is 9.53 Å². The van der Waals surface area contributed by atoms with Crippen LogP contribution in [0.3, 0.4) is 0 Å². The van der Waals surface area contributed by atoms with Gasteiger partial charge in [-0.15, -0.1) is 13.2 Å². The van der Waals surface area contributed by atoms with Crippen molar-refractivity contribution in [3.05, 3.63) is 54.1 Å². The molecule has 0 aromatic heterocycles. The van der Waals surface area contributed by atoms with E-state index in [9.17, 15) is 4.79 Å². The summed E-state index contributed by atoms with van der Waals surface area (Å²) in [6.07, 6.45) is 3.27. The number of nitrogens with zero attached hydrogens (tertiary/aromatic N) is 2. The lowest BCUT2D eigenvalue weighted by atomic mass is 10.2. The highest BCUT2D eigenvalue weighted by Crippen LogP contribution is 2.25. The smallest absolute Gasteiger partial charge is 0.261 e. The van der Waals surface area contributed by atoms with Crippen LogP contribution in [0, 0.1) is 11.3 Å². The molecule has 1 aromatic rings. The Morgan fingerprint density at radius 3 is 2.55 bits per heavy atom. The minimum Gasteiger partial charge on any atom is -0.482 e. The number of hydrogen-bond donors (Lipinski definition) is 0. The lowest BCUT2D eigenvalue weighted by molar-refractivity contribution is -0.132. The number of carbonyl (C=O) groups excluding carboxylic acids is 1. The zero-order valence-electron chi connectivity index (χ0n) is 11.0. The van der Waals surface area contributed by atoms with E-state index in [1.807, 2.05) is 6.07 Å². The molecule has 0 saturated heterocycles. The summed E-state index contributed by atoms with van der Waals surface area (Å²) in [6.45, 7) is 7.91. The van der Waals surface area contributed by atoms with E-state index in [4.69, 9.17) is 21.6 Å². The van der Waals surface area contributed by atoms with Crippen LogP contribution in [-0.2, 0) is 4.79 Å². The van der Waals surface area contributed by atoms with Gasteiger partial charge in [0.15, 0.2) is 6.61 Å². The second-order valence-electron chi connectivity index (χ2n) is 3.92. The molecule has 0 aliphatic carbocycles. The molecule has 0 aliphatic rings. The first-order valence-electron chi connectivity index (χ1n) is 5.94. The second-order valence-corrected chi connectivity index (χ2v) is 4.33. The largest absolute Gasteiger partial charge is 0.482 e. The molecule has 1 aromatic carbocycles. The normalized spacial score (nSPS) is 9.40. The Hall–Kier alpha value is -2.25. The van der Waals surface area contributed by atoms with Crippen molar-refractivity contribution in [2.24, 2.45) is 0 Å². The molecule has 0 heterocycles. The lowest BCUT2D eigenvalue weighted by Crippen LogP contribution is -2.35. The Kier molecular flexibility index (Phi) is 6.34. The predicted octanol–water partition coefficient (Wildman–Crippen LogP) is 2.79. The lowest BCUT2D eigenvalue weighted by Gasteiger charge is -2.19. The van der Waals surface area contributed by atoms with Gasteiger partial charge in [-0.05, 0) is 18.2 Å². The van der Waals surface area contributed by atoms with E-state index in [1.165, 1.54) is 6.07 Å². The summed E-state index contributed by atoms with van der Waals surface area (Å²) in [5, 5.41) is 9.03. The van der Waals surface area contributed by atoms with Crippen LogP contribution in [0.5, 0.6) is 5.75 Å². The van der Waals surface area contributed by atoms with Gasteiger partial charge in [-0.2, -0.15) is 5.26 Å². The molecule has 0 aliphatic heterocycles. The number of carbonyl (C=O) groups is 1. The number of nitriles is 1. The van der Waals surface area contributed by atoms with Crippen LogP contribution in [0.1, 0.15) is 5.56 Å². The standard InChI is InChI=1S/C15H15ClN2O2/c1-3-7-18(8-4-2)15(19)11-20-14-6-5-12(10-17)9-13(14)16/h3-6,9H,1-2,7-8,11H2. The first-order valence-corrected chi connectivity index (χ1v) is 6.32. The van der Waals surface area contributed by atoms with Crippen LogP contribution in [0.15, 0.2) is 43.5 Å². The van der Waals surface area contributed by atoms with Crippen LogP contribution in [0.2, 0.25) is 5.02 Å². The van der Waals surface area contributed by atoms with Gasteiger partial charge in [0.25, 0.3) is 5.91 Å². The summed E-state index contributed by atoms with van der Waals surface area (Å²) in [4.78, 5) is 13.5. The number of rotatable bonds is 7. The average molecular weight is 291 g/mol. The van der Waals surface area contributed by atoms with Crippen molar-refractivity contribution in [2.45, 2.75) is 0 Å². The van der Waals surface area contributed by atoms with Crippen LogP contribution >= 0.6 is 11.6 Å². The summed E-state index contributed by atoms with van der Waals surface area (Å²) in [5.74, 6) is 0.182. The van der Waals surface area contributed by atoms with Gasteiger partial charge in [-0.25, -0.2) is 0 Å². The molecule has 0 atom stereocenters. The van der Waals surface area contributed by atoms with Gasteiger partial charge in [0.05, 0.1) is 16.7 Å². The quantitative estimate of drug-likeness (QED) is 0.726. The first-order chi connectivity index (χ1) is 9.62. The Labute approximate surface area is 123 Å². The molecule has 1 rings (SSSR count). The van der Waals surface area contributed by atoms with Crippen molar-refractivity contribution in [3.8, 4) is 11.8 Å². The van der Waals surface area contributed by atoms with Gasteiger partial charge in [-0.3, -0.25) is 4.79 Å². The average Bonchev–Trinajstić information content (AvgIpc) is 2.45. The van der Waals surface area contributed by atoms with E-state index < -0.39 is 0 Å². The van der Waals surface area contributed by atoms with E-state index in [2.05, 4.69) is 13.2 Å². The molecule has 20 heavy (non-hydrogen) atoms. The highest BCUT2D eigenvalue weighted by atomic mass is 35.5. The minimum absolute atomic E-state index is 0.132. The third kappa shape index (κ3) is 4.45. The summed E-state index contributed by atoms with van der Waals surface area (Å²) in [5.41, 5.74) is 0.439. The van der Waals surface area contributed by atoms with Gasteiger partial charge in [0.1, 0.15) is 5.75 Å². The summed E-state index contributed by atoms with van der Waals surface area (Å²) in [6, 6.07) is 6.62. The van der Waals surface area contributed by atoms with E-state index in [1.54, 1.807) is 29.2 Å². The van der Waals surface area contributed by atoms with Crippen molar-refractivity contribution >= 4 is 17.5 Å². The predicted molar refractivity (Wildman–Crippen MR) is 78.6 cm³/mol. The molecule has 1 amide bonds. The minimum atomic E-state index is -0.190. The van der Waals surface area contributed by atoms with Crippen LogP contribution in [-0.4, -0.2) is 30.5 Å². The van der Waals surface area contributed by atoms with E-state index in [0.717, 1.165) is 0 Å². The summed E-state index contributed by atoms with van der Waals surface area (Å²) in [7, 11) is 0.